The standard InChI is InChI=1S/C12H18BrNO2/c1-14-9-12(16-8-7-15-2)10-5-3-4-6-11(10)13/h3-6,12,14H,7-9H2,1-2H3. The van der Waals surface area contributed by atoms with Crippen LogP contribution in [0.1, 0.15) is 11.7 Å². The summed E-state index contributed by atoms with van der Waals surface area (Å²) < 4.78 is 11.8. The molecule has 4 heteroatoms. The summed E-state index contributed by atoms with van der Waals surface area (Å²) in [5.41, 5.74) is 1.16. The molecule has 90 valence electrons. The zero-order valence-electron chi connectivity index (χ0n) is 9.70. The Kier molecular flexibility index (Phi) is 6.64. The van der Waals surface area contributed by atoms with E-state index in [4.69, 9.17) is 9.47 Å². The molecule has 1 unspecified atom stereocenters. The number of halogens is 1. The van der Waals surface area contributed by atoms with Gasteiger partial charge < -0.3 is 14.8 Å². The van der Waals surface area contributed by atoms with E-state index in [1.54, 1.807) is 7.11 Å². The molecule has 1 N–H and O–H groups in total. The third-order valence-corrected chi connectivity index (χ3v) is 2.97. The minimum atomic E-state index is 0.0516. The van der Waals surface area contributed by atoms with E-state index in [1.807, 2.05) is 25.2 Å². The first kappa shape index (κ1) is 13.6. The predicted octanol–water partition coefficient (Wildman–Crippen LogP) is 2.37. The van der Waals surface area contributed by atoms with Crippen LogP contribution in [0.25, 0.3) is 0 Å². The highest BCUT2D eigenvalue weighted by atomic mass is 79.9. The maximum Gasteiger partial charge on any atom is 0.0961 e. The van der Waals surface area contributed by atoms with Crippen LogP contribution in [-0.2, 0) is 9.47 Å². The van der Waals surface area contributed by atoms with Gasteiger partial charge in [0.1, 0.15) is 0 Å². The Balaban J connectivity index is 2.65. The highest BCUT2D eigenvalue weighted by molar-refractivity contribution is 9.10. The molecule has 0 aliphatic rings. The predicted molar refractivity (Wildman–Crippen MR) is 68.6 cm³/mol. The van der Waals surface area contributed by atoms with Gasteiger partial charge in [0.25, 0.3) is 0 Å². The van der Waals surface area contributed by atoms with Gasteiger partial charge >= 0.3 is 0 Å². The second-order valence-corrected chi connectivity index (χ2v) is 4.29. The summed E-state index contributed by atoms with van der Waals surface area (Å²) in [5.74, 6) is 0. The number of benzene rings is 1. The highest BCUT2D eigenvalue weighted by Gasteiger charge is 2.13. The van der Waals surface area contributed by atoms with Crippen LogP contribution in [0.15, 0.2) is 28.7 Å². The van der Waals surface area contributed by atoms with Gasteiger partial charge in [-0.3, -0.25) is 0 Å². The van der Waals surface area contributed by atoms with Crippen LogP contribution in [0, 0.1) is 0 Å². The molecule has 1 aromatic carbocycles. The van der Waals surface area contributed by atoms with E-state index in [0.717, 1.165) is 16.6 Å². The second kappa shape index (κ2) is 7.79. The molecule has 0 fully saturated rings. The zero-order chi connectivity index (χ0) is 11.8. The van der Waals surface area contributed by atoms with Crippen molar-refractivity contribution >= 4 is 15.9 Å². The third kappa shape index (κ3) is 4.22. The van der Waals surface area contributed by atoms with Crippen LogP contribution >= 0.6 is 15.9 Å². The van der Waals surface area contributed by atoms with Crippen molar-refractivity contribution in [2.45, 2.75) is 6.10 Å². The molecular weight excluding hydrogens is 270 g/mol. The Morgan fingerprint density at radius 2 is 2.06 bits per heavy atom. The van der Waals surface area contributed by atoms with Crippen molar-refractivity contribution in [3.05, 3.63) is 34.3 Å². The van der Waals surface area contributed by atoms with Gasteiger partial charge in [0.05, 0.1) is 19.3 Å². The molecule has 0 saturated heterocycles. The third-order valence-electron chi connectivity index (χ3n) is 2.25. The maximum atomic E-state index is 5.77. The molecule has 3 nitrogen and oxygen atoms in total. The quantitative estimate of drug-likeness (QED) is 0.781. The van der Waals surface area contributed by atoms with E-state index in [2.05, 4.69) is 27.3 Å². The summed E-state index contributed by atoms with van der Waals surface area (Å²) in [4.78, 5) is 0. The van der Waals surface area contributed by atoms with Crippen molar-refractivity contribution in [2.75, 3.05) is 33.9 Å². The van der Waals surface area contributed by atoms with Crippen molar-refractivity contribution in [3.63, 3.8) is 0 Å². The monoisotopic (exact) mass is 287 g/mol. The second-order valence-electron chi connectivity index (χ2n) is 3.43. The summed E-state index contributed by atoms with van der Waals surface area (Å²) in [7, 11) is 3.60. The van der Waals surface area contributed by atoms with Gasteiger partial charge in [-0.1, -0.05) is 34.1 Å². The SMILES string of the molecule is CNCC(OCCOC)c1ccccc1Br. The molecule has 0 radical (unpaired) electrons. The zero-order valence-corrected chi connectivity index (χ0v) is 11.3. The largest absolute Gasteiger partial charge is 0.382 e. The molecule has 0 aliphatic carbocycles. The summed E-state index contributed by atoms with van der Waals surface area (Å²) in [6.07, 6.45) is 0.0516. The van der Waals surface area contributed by atoms with Crippen LogP contribution in [0.5, 0.6) is 0 Å². The number of nitrogens with one attached hydrogen (secondary N) is 1. The van der Waals surface area contributed by atoms with Crippen molar-refractivity contribution in [1.82, 2.24) is 5.32 Å². The minimum absolute atomic E-state index is 0.0516. The number of rotatable bonds is 7. The Labute approximate surface area is 105 Å². The van der Waals surface area contributed by atoms with Gasteiger partial charge in [-0.25, -0.2) is 0 Å². The molecular formula is C12H18BrNO2. The molecule has 1 aromatic rings. The minimum Gasteiger partial charge on any atom is -0.382 e. The van der Waals surface area contributed by atoms with E-state index < -0.39 is 0 Å². The lowest BCUT2D eigenvalue weighted by molar-refractivity contribution is 0.0172. The van der Waals surface area contributed by atoms with Crippen LogP contribution in [0.3, 0.4) is 0 Å². The number of ether oxygens (including phenoxy) is 2. The molecule has 0 saturated carbocycles. The lowest BCUT2D eigenvalue weighted by Crippen LogP contribution is -2.21. The lowest BCUT2D eigenvalue weighted by Gasteiger charge is -2.19. The fourth-order valence-electron chi connectivity index (χ4n) is 1.45. The van der Waals surface area contributed by atoms with E-state index in [9.17, 15) is 0 Å². The molecule has 1 atom stereocenters. The number of hydrogen-bond donors (Lipinski definition) is 1. The topological polar surface area (TPSA) is 30.5 Å². The fraction of sp³-hybridized carbons (Fsp3) is 0.500. The Hall–Kier alpha value is -0.420. The molecule has 1 rings (SSSR count). The average Bonchev–Trinajstić information content (AvgIpc) is 2.29. The summed E-state index contributed by atoms with van der Waals surface area (Å²) >= 11 is 3.54. The number of likely N-dealkylation sites (N-methyl/N-ethyl adjacent to an activating group) is 1. The fourth-order valence-corrected chi connectivity index (χ4v) is 1.99. The van der Waals surface area contributed by atoms with Crippen LogP contribution < -0.4 is 5.32 Å². The molecule has 0 bridgehead atoms. The smallest absolute Gasteiger partial charge is 0.0961 e. The normalized spacial score (nSPS) is 12.7. The molecule has 0 heterocycles. The molecule has 0 aromatic heterocycles. The number of hydrogen-bond acceptors (Lipinski definition) is 3. The first-order valence-electron chi connectivity index (χ1n) is 5.29. The van der Waals surface area contributed by atoms with Crippen molar-refractivity contribution in [3.8, 4) is 0 Å². The Morgan fingerprint density at radius 1 is 1.31 bits per heavy atom. The lowest BCUT2D eigenvalue weighted by atomic mass is 10.1. The molecule has 0 aliphatic heterocycles. The first-order valence-corrected chi connectivity index (χ1v) is 6.08. The van der Waals surface area contributed by atoms with Crippen molar-refractivity contribution < 1.29 is 9.47 Å². The van der Waals surface area contributed by atoms with E-state index in [-0.39, 0.29) is 6.10 Å². The van der Waals surface area contributed by atoms with Gasteiger partial charge in [-0.05, 0) is 18.7 Å². The maximum absolute atomic E-state index is 5.77. The Bertz CT molecular complexity index is 307. The van der Waals surface area contributed by atoms with Gasteiger partial charge in [0, 0.05) is 18.1 Å². The van der Waals surface area contributed by atoms with E-state index in [1.165, 1.54) is 0 Å². The summed E-state index contributed by atoms with van der Waals surface area (Å²) in [5, 5.41) is 3.13. The number of methoxy groups -OCH3 is 1. The van der Waals surface area contributed by atoms with Gasteiger partial charge in [0.2, 0.25) is 0 Å². The summed E-state index contributed by atoms with van der Waals surface area (Å²) in [6, 6.07) is 8.11. The molecule has 0 spiro atoms. The average molecular weight is 288 g/mol. The van der Waals surface area contributed by atoms with E-state index >= 15 is 0 Å². The molecule has 16 heavy (non-hydrogen) atoms. The van der Waals surface area contributed by atoms with Gasteiger partial charge in [-0.2, -0.15) is 0 Å². The summed E-state index contributed by atoms with van der Waals surface area (Å²) in [6.45, 7) is 2.00. The highest BCUT2D eigenvalue weighted by Crippen LogP contribution is 2.25. The molecule has 0 amide bonds. The first-order chi connectivity index (χ1) is 7.79. The van der Waals surface area contributed by atoms with Gasteiger partial charge in [0.15, 0.2) is 0 Å². The van der Waals surface area contributed by atoms with E-state index in [0.29, 0.717) is 13.2 Å². The van der Waals surface area contributed by atoms with Crippen molar-refractivity contribution in [2.24, 2.45) is 0 Å². The van der Waals surface area contributed by atoms with Crippen molar-refractivity contribution in [1.29, 1.82) is 0 Å². The van der Waals surface area contributed by atoms with Crippen LogP contribution in [0.2, 0.25) is 0 Å². The van der Waals surface area contributed by atoms with Crippen LogP contribution in [0.4, 0.5) is 0 Å². The Morgan fingerprint density at radius 3 is 2.69 bits per heavy atom. The van der Waals surface area contributed by atoms with Crippen LogP contribution in [-0.4, -0.2) is 33.9 Å². The van der Waals surface area contributed by atoms with Gasteiger partial charge in [-0.15, -0.1) is 0 Å².